The summed E-state index contributed by atoms with van der Waals surface area (Å²) in [6, 6.07) is 0.540. The molecule has 0 aromatic carbocycles. The molecule has 1 N–H and O–H groups in total. The van der Waals surface area contributed by atoms with Crippen LogP contribution >= 0.6 is 0 Å². The molecule has 1 aliphatic heterocycles. The van der Waals surface area contributed by atoms with Crippen LogP contribution in [-0.2, 0) is 0 Å². The molecule has 3 nitrogen and oxygen atoms in total. The Morgan fingerprint density at radius 3 is 2.69 bits per heavy atom. The van der Waals surface area contributed by atoms with Crippen molar-refractivity contribution in [3.63, 3.8) is 0 Å². The van der Waals surface area contributed by atoms with Gasteiger partial charge < -0.3 is 9.80 Å². The van der Waals surface area contributed by atoms with Gasteiger partial charge in [-0.15, -0.1) is 0 Å². The van der Waals surface area contributed by atoms with Gasteiger partial charge in [-0.2, -0.15) is 0 Å². The lowest BCUT2D eigenvalue weighted by Crippen LogP contribution is -2.43. The zero-order valence-electron chi connectivity index (χ0n) is 9.01. The maximum atomic E-state index is 7.79. The van der Waals surface area contributed by atoms with E-state index < -0.39 is 0 Å². The average Bonchev–Trinajstić information content (AvgIpc) is 2.08. The van der Waals surface area contributed by atoms with Crippen molar-refractivity contribution in [1.29, 1.82) is 5.41 Å². The third-order valence-electron chi connectivity index (χ3n) is 2.84. The highest BCUT2D eigenvalue weighted by molar-refractivity contribution is 5.79. The summed E-state index contributed by atoms with van der Waals surface area (Å²) in [4.78, 5) is 4.43. The quantitative estimate of drug-likeness (QED) is 0.717. The number of hydrogen-bond acceptors (Lipinski definition) is 2. The van der Waals surface area contributed by atoms with Gasteiger partial charge in [0.1, 0.15) is 0 Å². The fourth-order valence-corrected chi connectivity index (χ4v) is 1.57. The van der Waals surface area contributed by atoms with Crippen LogP contribution in [0, 0.1) is 5.41 Å². The van der Waals surface area contributed by atoms with Crippen LogP contribution in [0.25, 0.3) is 0 Å². The Kier molecular flexibility index (Phi) is 3.72. The second-order valence-corrected chi connectivity index (χ2v) is 4.16. The molecule has 0 radical (unpaired) electrons. The van der Waals surface area contributed by atoms with E-state index in [1.54, 1.807) is 0 Å². The highest BCUT2D eigenvalue weighted by atomic mass is 15.2. The van der Waals surface area contributed by atoms with E-state index in [1.807, 2.05) is 0 Å². The summed E-state index contributed by atoms with van der Waals surface area (Å²) in [7, 11) is 4.19. The molecule has 1 heterocycles. The molecule has 0 aromatic rings. The topological polar surface area (TPSA) is 30.3 Å². The van der Waals surface area contributed by atoms with E-state index in [1.165, 1.54) is 12.8 Å². The number of piperidine rings is 1. The van der Waals surface area contributed by atoms with Crippen molar-refractivity contribution in [2.75, 3.05) is 27.2 Å². The van der Waals surface area contributed by atoms with Crippen molar-refractivity contribution in [2.45, 2.75) is 32.2 Å². The van der Waals surface area contributed by atoms with Gasteiger partial charge in [0.05, 0.1) is 5.84 Å². The van der Waals surface area contributed by atoms with Gasteiger partial charge in [0.15, 0.2) is 0 Å². The van der Waals surface area contributed by atoms with Crippen LogP contribution in [0.1, 0.15) is 26.2 Å². The third kappa shape index (κ3) is 2.99. The molecule has 0 bridgehead atoms. The lowest BCUT2D eigenvalue weighted by Gasteiger charge is -2.33. The van der Waals surface area contributed by atoms with E-state index in [2.05, 4.69) is 30.8 Å². The molecule has 3 heteroatoms. The normalized spacial score (nSPS) is 20.9. The molecule has 0 saturated carbocycles. The van der Waals surface area contributed by atoms with Crippen LogP contribution in [0.15, 0.2) is 0 Å². The molecular formula is C10H21N3. The average molecular weight is 183 g/mol. The summed E-state index contributed by atoms with van der Waals surface area (Å²) >= 11 is 0. The standard InChI is InChI=1S/C10H21N3/c1-9(12(2)3)8-13-7-5-4-6-10(13)11/h9,11H,4-8H2,1-3H3. The van der Waals surface area contributed by atoms with Crippen LogP contribution < -0.4 is 0 Å². The summed E-state index contributed by atoms with van der Waals surface area (Å²) < 4.78 is 0. The van der Waals surface area contributed by atoms with Crippen LogP contribution in [0.3, 0.4) is 0 Å². The van der Waals surface area contributed by atoms with Gasteiger partial charge in [0, 0.05) is 25.6 Å². The molecule has 0 amide bonds. The zero-order chi connectivity index (χ0) is 9.84. The molecule has 1 atom stereocenters. The Morgan fingerprint density at radius 1 is 1.46 bits per heavy atom. The minimum absolute atomic E-state index is 0.540. The number of rotatable bonds is 3. The summed E-state index contributed by atoms with van der Waals surface area (Å²) in [5.74, 6) is 0.833. The van der Waals surface area contributed by atoms with Gasteiger partial charge in [0.2, 0.25) is 0 Å². The molecule has 1 rings (SSSR count). The third-order valence-corrected chi connectivity index (χ3v) is 2.84. The van der Waals surface area contributed by atoms with Crippen molar-refractivity contribution in [3.05, 3.63) is 0 Å². The molecular weight excluding hydrogens is 162 g/mol. The van der Waals surface area contributed by atoms with Crippen LogP contribution in [0.4, 0.5) is 0 Å². The fraction of sp³-hybridized carbons (Fsp3) is 0.900. The molecule has 13 heavy (non-hydrogen) atoms. The van der Waals surface area contributed by atoms with Gasteiger partial charge in [-0.1, -0.05) is 0 Å². The Morgan fingerprint density at radius 2 is 2.15 bits per heavy atom. The summed E-state index contributed by atoms with van der Waals surface area (Å²) in [5.41, 5.74) is 0. The van der Waals surface area contributed by atoms with E-state index in [0.717, 1.165) is 25.3 Å². The van der Waals surface area contributed by atoms with Gasteiger partial charge in [-0.3, -0.25) is 5.41 Å². The first-order valence-electron chi connectivity index (χ1n) is 5.10. The number of likely N-dealkylation sites (N-methyl/N-ethyl adjacent to an activating group) is 1. The van der Waals surface area contributed by atoms with Crippen molar-refractivity contribution in [3.8, 4) is 0 Å². The minimum Gasteiger partial charge on any atom is -0.359 e. The van der Waals surface area contributed by atoms with Gasteiger partial charge in [0.25, 0.3) is 0 Å². The second-order valence-electron chi connectivity index (χ2n) is 4.16. The highest BCUT2D eigenvalue weighted by Gasteiger charge is 2.17. The van der Waals surface area contributed by atoms with Crippen molar-refractivity contribution < 1.29 is 0 Å². The molecule has 1 aliphatic rings. The Labute approximate surface area is 81.2 Å². The van der Waals surface area contributed by atoms with Gasteiger partial charge >= 0.3 is 0 Å². The summed E-state index contributed by atoms with van der Waals surface area (Å²) in [6.45, 7) is 4.30. The predicted octanol–water partition coefficient (Wildman–Crippen LogP) is 1.40. The van der Waals surface area contributed by atoms with E-state index in [9.17, 15) is 0 Å². The molecule has 76 valence electrons. The molecule has 0 aromatic heterocycles. The largest absolute Gasteiger partial charge is 0.359 e. The molecule has 1 saturated heterocycles. The van der Waals surface area contributed by atoms with Gasteiger partial charge in [-0.05, 0) is 33.9 Å². The zero-order valence-corrected chi connectivity index (χ0v) is 9.01. The van der Waals surface area contributed by atoms with E-state index in [0.29, 0.717) is 6.04 Å². The number of nitrogens with one attached hydrogen (secondary N) is 1. The first-order valence-corrected chi connectivity index (χ1v) is 5.10. The fourth-order valence-electron chi connectivity index (χ4n) is 1.57. The van der Waals surface area contributed by atoms with E-state index in [4.69, 9.17) is 5.41 Å². The van der Waals surface area contributed by atoms with Crippen LogP contribution in [0.2, 0.25) is 0 Å². The second kappa shape index (κ2) is 4.61. The summed E-state index contributed by atoms with van der Waals surface area (Å²) in [5, 5.41) is 7.79. The first-order chi connectivity index (χ1) is 6.11. The Hall–Kier alpha value is -0.570. The summed E-state index contributed by atoms with van der Waals surface area (Å²) in [6.07, 6.45) is 3.42. The lowest BCUT2D eigenvalue weighted by molar-refractivity contribution is 0.240. The SMILES string of the molecule is CC(CN1CCCCC1=N)N(C)C. The van der Waals surface area contributed by atoms with Crippen molar-refractivity contribution in [1.82, 2.24) is 9.80 Å². The first kappa shape index (κ1) is 10.5. The monoisotopic (exact) mass is 183 g/mol. The smallest absolute Gasteiger partial charge is 0.0958 e. The predicted molar refractivity (Wildman–Crippen MR) is 56.3 cm³/mol. The molecule has 0 spiro atoms. The van der Waals surface area contributed by atoms with Crippen molar-refractivity contribution >= 4 is 5.84 Å². The van der Waals surface area contributed by atoms with E-state index >= 15 is 0 Å². The number of amidine groups is 1. The molecule has 1 unspecified atom stereocenters. The maximum Gasteiger partial charge on any atom is 0.0958 e. The number of hydrogen-bond donors (Lipinski definition) is 1. The van der Waals surface area contributed by atoms with Crippen LogP contribution in [-0.4, -0.2) is 48.9 Å². The van der Waals surface area contributed by atoms with Crippen LogP contribution in [0.5, 0.6) is 0 Å². The minimum atomic E-state index is 0.540. The Bertz CT molecular complexity index is 177. The Balaban J connectivity index is 2.38. The maximum absolute atomic E-state index is 7.79. The highest BCUT2D eigenvalue weighted by Crippen LogP contribution is 2.11. The number of likely N-dealkylation sites (tertiary alicyclic amines) is 1. The molecule has 1 fully saturated rings. The van der Waals surface area contributed by atoms with Gasteiger partial charge in [-0.25, -0.2) is 0 Å². The molecule has 0 aliphatic carbocycles. The van der Waals surface area contributed by atoms with E-state index in [-0.39, 0.29) is 0 Å². The van der Waals surface area contributed by atoms with Crippen molar-refractivity contribution in [2.24, 2.45) is 0 Å². The number of nitrogens with zero attached hydrogens (tertiary/aromatic N) is 2. The lowest BCUT2D eigenvalue weighted by atomic mass is 10.1.